The SMILES string of the molecule is COC(=O)C(Oc1cc(C)ccc1Cl)C(C)C. The molecule has 1 aromatic rings. The second-order valence-electron chi connectivity index (χ2n) is 4.24. The maximum Gasteiger partial charge on any atom is 0.347 e. The molecule has 17 heavy (non-hydrogen) atoms. The summed E-state index contributed by atoms with van der Waals surface area (Å²) in [5.74, 6) is 0.132. The third kappa shape index (κ3) is 3.63. The number of carbonyl (C=O) groups is 1. The van der Waals surface area contributed by atoms with Gasteiger partial charge in [0.2, 0.25) is 0 Å². The molecule has 0 saturated heterocycles. The number of esters is 1. The average molecular weight is 257 g/mol. The predicted molar refractivity (Wildman–Crippen MR) is 67.5 cm³/mol. The highest BCUT2D eigenvalue weighted by Gasteiger charge is 2.25. The first-order chi connectivity index (χ1) is 7.95. The van der Waals surface area contributed by atoms with Crippen LogP contribution < -0.4 is 4.74 Å². The molecule has 0 fully saturated rings. The summed E-state index contributed by atoms with van der Waals surface area (Å²) in [5.41, 5.74) is 1.02. The first-order valence-electron chi connectivity index (χ1n) is 5.46. The maximum absolute atomic E-state index is 11.6. The van der Waals surface area contributed by atoms with Crippen LogP contribution in [-0.4, -0.2) is 19.2 Å². The number of hydrogen-bond donors (Lipinski definition) is 0. The summed E-state index contributed by atoms with van der Waals surface area (Å²) in [6.45, 7) is 5.72. The molecule has 0 aromatic heterocycles. The van der Waals surface area contributed by atoms with Gasteiger partial charge in [0.1, 0.15) is 5.75 Å². The zero-order chi connectivity index (χ0) is 13.0. The molecule has 0 radical (unpaired) electrons. The largest absolute Gasteiger partial charge is 0.477 e. The van der Waals surface area contributed by atoms with Gasteiger partial charge < -0.3 is 9.47 Å². The smallest absolute Gasteiger partial charge is 0.347 e. The topological polar surface area (TPSA) is 35.5 Å². The lowest BCUT2D eigenvalue weighted by atomic mass is 10.1. The van der Waals surface area contributed by atoms with Crippen molar-refractivity contribution in [1.29, 1.82) is 0 Å². The molecule has 0 saturated carbocycles. The molecule has 0 heterocycles. The summed E-state index contributed by atoms with van der Waals surface area (Å²) in [7, 11) is 1.35. The minimum atomic E-state index is -0.640. The van der Waals surface area contributed by atoms with E-state index in [0.29, 0.717) is 10.8 Å². The third-order valence-corrected chi connectivity index (χ3v) is 2.69. The van der Waals surface area contributed by atoms with E-state index in [-0.39, 0.29) is 5.92 Å². The number of benzene rings is 1. The zero-order valence-electron chi connectivity index (χ0n) is 10.5. The molecule has 3 nitrogen and oxygen atoms in total. The van der Waals surface area contributed by atoms with Gasteiger partial charge in [-0.1, -0.05) is 31.5 Å². The van der Waals surface area contributed by atoms with Crippen LogP contribution in [0.15, 0.2) is 18.2 Å². The molecule has 0 N–H and O–H groups in total. The van der Waals surface area contributed by atoms with Crippen LogP contribution >= 0.6 is 11.6 Å². The van der Waals surface area contributed by atoms with Gasteiger partial charge in [-0.05, 0) is 24.6 Å². The van der Waals surface area contributed by atoms with E-state index >= 15 is 0 Å². The molecular weight excluding hydrogens is 240 g/mol. The second-order valence-corrected chi connectivity index (χ2v) is 4.65. The van der Waals surface area contributed by atoms with E-state index in [2.05, 4.69) is 0 Å². The summed E-state index contributed by atoms with van der Waals surface area (Å²) < 4.78 is 10.3. The molecule has 1 atom stereocenters. The van der Waals surface area contributed by atoms with Gasteiger partial charge in [0.25, 0.3) is 0 Å². The fourth-order valence-corrected chi connectivity index (χ4v) is 1.57. The van der Waals surface area contributed by atoms with Crippen LogP contribution in [0.4, 0.5) is 0 Å². The van der Waals surface area contributed by atoms with Crippen LogP contribution in [0.5, 0.6) is 5.75 Å². The molecule has 1 unspecified atom stereocenters. The van der Waals surface area contributed by atoms with Gasteiger partial charge in [0.15, 0.2) is 6.10 Å². The molecular formula is C13H17ClO3. The number of halogens is 1. The Hall–Kier alpha value is -1.22. The fraction of sp³-hybridized carbons (Fsp3) is 0.462. The minimum absolute atomic E-state index is 0.0130. The van der Waals surface area contributed by atoms with Crippen LogP contribution in [0.2, 0.25) is 5.02 Å². The molecule has 0 amide bonds. The van der Waals surface area contributed by atoms with Crippen LogP contribution in [0.25, 0.3) is 0 Å². The Kier molecular flexibility index (Phi) is 4.82. The summed E-state index contributed by atoms with van der Waals surface area (Å²) in [5, 5.41) is 0.491. The quantitative estimate of drug-likeness (QED) is 0.776. The van der Waals surface area contributed by atoms with E-state index in [4.69, 9.17) is 21.1 Å². The number of hydrogen-bond acceptors (Lipinski definition) is 3. The average Bonchev–Trinajstić information content (AvgIpc) is 2.28. The van der Waals surface area contributed by atoms with Gasteiger partial charge >= 0.3 is 5.97 Å². The Labute approximate surface area is 107 Å². The van der Waals surface area contributed by atoms with Crippen LogP contribution in [-0.2, 0) is 9.53 Å². The Morgan fingerprint density at radius 2 is 2.00 bits per heavy atom. The number of rotatable bonds is 4. The van der Waals surface area contributed by atoms with E-state index in [1.54, 1.807) is 12.1 Å². The molecule has 0 spiro atoms. The van der Waals surface area contributed by atoms with Crippen molar-refractivity contribution in [2.45, 2.75) is 26.9 Å². The Balaban J connectivity index is 2.93. The van der Waals surface area contributed by atoms with E-state index in [1.165, 1.54) is 7.11 Å². The number of ether oxygens (including phenoxy) is 2. The molecule has 0 aliphatic heterocycles. The van der Waals surface area contributed by atoms with Crippen molar-refractivity contribution in [3.8, 4) is 5.75 Å². The van der Waals surface area contributed by atoms with Gasteiger partial charge in [-0.3, -0.25) is 0 Å². The van der Waals surface area contributed by atoms with Crippen molar-refractivity contribution in [3.05, 3.63) is 28.8 Å². The fourth-order valence-electron chi connectivity index (χ4n) is 1.41. The van der Waals surface area contributed by atoms with Gasteiger partial charge in [-0.15, -0.1) is 0 Å². The first kappa shape index (κ1) is 13.8. The zero-order valence-corrected chi connectivity index (χ0v) is 11.2. The second kappa shape index (κ2) is 5.92. The van der Waals surface area contributed by atoms with Gasteiger partial charge in [-0.25, -0.2) is 4.79 Å². The van der Waals surface area contributed by atoms with Crippen LogP contribution in [0.3, 0.4) is 0 Å². The van der Waals surface area contributed by atoms with E-state index in [1.807, 2.05) is 26.8 Å². The monoisotopic (exact) mass is 256 g/mol. The lowest BCUT2D eigenvalue weighted by Crippen LogP contribution is -2.33. The lowest BCUT2D eigenvalue weighted by Gasteiger charge is -2.20. The number of methoxy groups -OCH3 is 1. The molecule has 1 aromatic carbocycles. The Bertz CT molecular complexity index is 402. The van der Waals surface area contributed by atoms with E-state index < -0.39 is 12.1 Å². The Morgan fingerprint density at radius 1 is 1.35 bits per heavy atom. The van der Waals surface area contributed by atoms with Crippen molar-refractivity contribution >= 4 is 17.6 Å². The van der Waals surface area contributed by atoms with Gasteiger partial charge in [0, 0.05) is 5.92 Å². The minimum Gasteiger partial charge on any atom is -0.477 e. The summed E-state index contributed by atoms with van der Waals surface area (Å²) in [6, 6.07) is 5.44. The standard InChI is InChI=1S/C13H17ClO3/c1-8(2)12(13(15)16-4)17-11-7-9(3)5-6-10(11)14/h5-8,12H,1-4H3. The van der Waals surface area contributed by atoms with Crippen molar-refractivity contribution in [1.82, 2.24) is 0 Å². The lowest BCUT2D eigenvalue weighted by molar-refractivity contribution is -0.150. The summed E-state index contributed by atoms with van der Waals surface area (Å²) >= 11 is 6.02. The van der Waals surface area contributed by atoms with Crippen molar-refractivity contribution in [2.75, 3.05) is 7.11 Å². The van der Waals surface area contributed by atoms with Gasteiger partial charge in [0.05, 0.1) is 12.1 Å². The molecule has 0 bridgehead atoms. The maximum atomic E-state index is 11.6. The number of carbonyl (C=O) groups excluding carboxylic acids is 1. The van der Waals surface area contributed by atoms with Crippen molar-refractivity contribution < 1.29 is 14.3 Å². The van der Waals surface area contributed by atoms with Gasteiger partial charge in [-0.2, -0.15) is 0 Å². The molecule has 1 rings (SSSR count). The molecule has 4 heteroatoms. The highest BCUT2D eigenvalue weighted by Crippen LogP contribution is 2.27. The molecule has 0 aliphatic rings. The first-order valence-corrected chi connectivity index (χ1v) is 5.84. The van der Waals surface area contributed by atoms with Crippen molar-refractivity contribution in [2.24, 2.45) is 5.92 Å². The number of aryl methyl sites for hydroxylation is 1. The van der Waals surface area contributed by atoms with Crippen molar-refractivity contribution in [3.63, 3.8) is 0 Å². The van der Waals surface area contributed by atoms with E-state index in [9.17, 15) is 4.79 Å². The van der Waals surface area contributed by atoms with Crippen LogP contribution in [0.1, 0.15) is 19.4 Å². The summed E-state index contributed by atoms with van der Waals surface area (Å²) in [6.07, 6.45) is -0.640. The highest BCUT2D eigenvalue weighted by atomic mass is 35.5. The normalized spacial score (nSPS) is 12.4. The highest BCUT2D eigenvalue weighted by molar-refractivity contribution is 6.32. The Morgan fingerprint density at radius 3 is 2.53 bits per heavy atom. The molecule has 94 valence electrons. The van der Waals surface area contributed by atoms with E-state index in [0.717, 1.165) is 5.56 Å². The van der Waals surface area contributed by atoms with Crippen LogP contribution in [0, 0.1) is 12.8 Å². The summed E-state index contributed by atoms with van der Waals surface area (Å²) in [4.78, 5) is 11.6. The molecule has 0 aliphatic carbocycles. The third-order valence-electron chi connectivity index (χ3n) is 2.38. The predicted octanol–water partition coefficient (Wildman–Crippen LogP) is 3.22.